The molecule has 7 heteroatoms. The molecule has 4 rings (SSSR count). The second-order valence-electron chi connectivity index (χ2n) is 8.30. The number of likely N-dealkylation sites (tertiary alicyclic amines) is 1. The fraction of sp³-hybridized carbons (Fsp3) is 0.667. The van der Waals surface area contributed by atoms with Gasteiger partial charge in [-0.05, 0) is 56.4 Å². The van der Waals surface area contributed by atoms with Gasteiger partial charge in [-0.2, -0.15) is 0 Å². The number of aryl methyl sites for hydroxylation is 2. The molecule has 2 aromatic rings. The van der Waals surface area contributed by atoms with Crippen molar-refractivity contribution in [2.45, 2.75) is 70.5 Å². The molecule has 2 aromatic heterocycles. The maximum atomic E-state index is 13.4. The van der Waals surface area contributed by atoms with E-state index in [0.717, 1.165) is 61.8 Å². The molecule has 152 valence electrons. The maximum Gasteiger partial charge on any atom is 0.263 e. The van der Waals surface area contributed by atoms with Gasteiger partial charge in [-0.15, -0.1) is 11.3 Å². The van der Waals surface area contributed by atoms with Crippen molar-refractivity contribution in [3.8, 4) is 0 Å². The van der Waals surface area contributed by atoms with E-state index in [1.165, 1.54) is 28.6 Å². The SMILES string of the molecule is CC(C)CCn1c(SCC(=O)N2CCCC2)nc2sc3c(c2c1=O)CCCC3. The first-order valence-electron chi connectivity index (χ1n) is 10.5. The minimum absolute atomic E-state index is 0.0983. The third kappa shape index (κ3) is 4.01. The van der Waals surface area contributed by atoms with Crippen LogP contribution >= 0.6 is 23.1 Å². The van der Waals surface area contributed by atoms with Crippen molar-refractivity contribution in [2.24, 2.45) is 5.92 Å². The predicted octanol–water partition coefficient (Wildman–Crippen LogP) is 4.10. The first kappa shape index (κ1) is 20.0. The van der Waals surface area contributed by atoms with Crippen LogP contribution in [0.25, 0.3) is 10.2 Å². The van der Waals surface area contributed by atoms with E-state index in [1.807, 2.05) is 9.47 Å². The van der Waals surface area contributed by atoms with Crippen molar-refractivity contribution in [1.29, 1.82) is 0 Å². The lowest BCUT2D eigenvalue weighted by atomic mass is 9.97. The Bertz CT molecular complexity index is 926. The Morgan fingerprint density at radius 3 is 2.68 bits per heavy atom. The monoisotopic (exact) mass is 419 g/mol. The lowest BCUT2D eigenvalue weighted by Gasteiger charge is -2.17. The summed E-state index contributed by atoms with van der Waals surface area (Å²) >= 11 is 3.12. The normalized spacial score (nSPS) is 16.9. The average Bonchev–Trinajstić information content (AvgIpc) is 3.33. The number of nitrogens with zero attached hydrogens (tertiary/aromatic N) is 3. The second-order valence-corrected chi connectivity index (χ2v) is 10.3. The van der Waals surface area contributed by atoms with Crippen molar-refractivity contribution in [2.75, 3.05) is 18.8 Å². The van der Waals surface area contributed by atoms with Gasteiger partial charge < -0.3 is 4.90 Å². The van der Waals surface area contributed by atoms with Gasteiger partial charge in [0.05, 0.1) is 11.1 Å². The van der Waals surface area contributed by atoms with Crippen LogP contribution in [0.4, 0.5) is 0 Å². The van der Waals surface area contributed by atoms with E-state index in [9.17, 15) is 9.59 Å². The molecular weight excluding hydrogens is 390 g/mol. The number of carbonyl (C=O) groups excluding carboxylic acids is 1. The lowest BCUT2D eigenvalue weighted by Crippen LogP contribution is -2.30. The van der Waals surface area contributed by atoms with Crippen LogP contribution in [-0.2, 0) is 24.2 Å². The van der Waals surface area contributed by atoms with Gasteiger partial charge >= 0.3 is 0 Å². The molecule has 28 heavy (non-hydrogen) atoms. The Morgan fingerprint density at radius 1 is 1.18 bits per heavy atom. The molecule has 5 nitrogen and oxygen atoms in total. The molecule has 0 atom stereocenters. The molecule has 0 saturated carbocycles. The standard InChI is InChI=1S/C21H29N3O2S2/c1-14(2)9-12-24-20(26)18-15-7-3-4-8-16(15)28-19(18)22-21(24)27-13-17(25)23-10-5-6-11-23/h14H,3-13H2,1-2H3. The van der Waals surface area contributed by atoms with Crippen molar-refractivity contribution in [3.05, 3.63) is 20.8 Å². The number of thioether (sulfide) groups is 1. The van der Waals surface area contributed by atoms with Gasteiger partial charge in [0, 0.05) is 24.5 Å². The number of carbonyl (C=O) groups is 1. The van der Waals surface area contributed by atoms with E-state index in [1.54, 1.807) is 11.3 Å². The van der Waals surface area contributed by atoms with Gasteiger partial charge in [-0.3, -0.25) is 14.2 Å². The Labute approximate surface area is 174 Å². The van der Waals surface area contributed by atoms with Crippen LogP contribution in [0.5, 0.6) is 0 Å². The van der Waals surface area contributed by atoms with E-state index < -0.39 is 0 Å². The van der Waals surface area contributed by atoms with Crippen molar-refractivity contribution in [3.63, 3.8) is 0 Å². The molecule has 1 saturated heterocycles. The zero-order valence-corrected chi connectivity index (χ0v) is 18.5. The van der Waals surface area contributed by atoms with Gasteiger partial charge in [-0.25, -0.2) is 4.98 Å². The highest BCUT2D eigenvalue weighted by molar-refractivity contribution is 7.99. The van der Waals surface area contributed by atoms with E-state index in [-0.39, 0.29) is 11.5 Å². The summed E-state index contributed by atoms with van der Waals surface area (Å²) in [4.78, 5) is 35.0. The molecule has 0 radical (unpaired) electrons. The van der Waals surface area contributed by atoms with Gasteiger partial charge in [0.2, 0.25) is 5.91 Å². The summed E-state index contributed by atoms with van der Waals surface area (Å²) in [5, 5.41) is 1.56. The van der Waals surface area contributed by atoms with Crippen LogP contribution in [0.1, 0.15) is 56.4 Å². The van der Waals surface area contributed by atoms with E-state index in [4.69, 9.17) is 4.98 Å². The number of amides is 1. The molecule has 2 aliphatic rings. The fourth-order valence-corrected chi connectivity index (χ4v) is 6.33. The van der Waals surface area contributed by atoms with Crippen LogP contribution < -0.4 is 5.56 Å². The number of aromatic nitrogens is 2. The maximum absolute atomic E-state index is 13.4. The highest BCUT2D eigenvalue weighted by Gasteiger charge is 2.23. The molecule has 0 unspecified atom stereocenters. The lowest BCUT2D eigenvalue weighted by molar-refractivity contribution is -0.127. The van der Waals surface area contributed by atoms with E-state index in [2.05, 4.69) is 13.8 Å². The molecular formula is C21H29N3O2S2. The summed E-state index contributed by atoms with van der Waals surface area (Å²) < 4.78 is 1.84. The average molecular weight is 420 g/mol. The Morgan fingerprint density at radius 2 is 1.93 bits per heavy atom. The van der Waals surface area contributed by atoms with Crippen LogP contribution in [0, 0.1) is 5.92 Å². The number of fused-ring (bicyclic) bond motifs is 3. The van der Waals surface area contributed by atoms with Gasteiger partial charge in [0.1, 0.15) is 4.83 Å². The molecule has 1 aliphatic carbocycles. The smallest absolute Gasteiger partial charge is 0.263 e. The molecule has 0 bridgehead atoms. The number of rotatable bonds is 6. The molecule has 1 aliphatic heterocycles. The molecule has 0 N–H and O–H groups in total. The molecule has 0 spiro atoms. The van der Waals surface area contributed by atoms with Gasteiger partial charge in [-0.1, -0.05) is 25.6 Å². The first-order chi connectivity index (χ1) is 13.5. The van der Waals surface area contributed by atoms with Crippen molar-refractivity contribution < 1.29 is 4.79 Å². The van der Waals surface area contributed by atoms with Crippen LogP contribution in [0.15, 0.2) is 9.95 Å². The molecule has 1 fully saturated rings. The predicted molar refractivity (Wildman–Crippen MR) is 117 cm³/mol. The summed E-state index contributed by atoms with van der Waals surface area (Å²) in [5.74, 6) is 1.05. The quantitative estimate of drug-likeness (QED) is 0.523. The Balaban J connectivity index is 1.67. The highest BCUT2D eigenvalue weighted by Crippen LogP contribution is 2.34. The topological polar surface area (TPSA) is 55.2 Å². The number of thiophene rings is 1. The molecule has 1 amide bonds. The van der Waals surface area contributed by atoms with Crippen molar-refractivity contribution in [1.82, 2.24) is 14.5 Å². The first-order valence-corrected chi connectivity index (χ1v) is 12.3. The summed E-state index contributed by atoms with van der Waals surface area (Å²) in [6, 6.07) is 0. The zero-order chi connectivity index (χ0) is 19.7. The Hall–Kier alpha value is -1.34. The van der Waals surface area contributed by atoms with Gasteiger partial charge in [0.25, 0.3) is 5.56 Å². The fourth-order valence-electron chi connectivity index (χ4n) is 4.10. The highest BCUT2D eigenvalue weighted by atomic mass is 32.2. The van der Waals surface area contributed by atoms with Crippen LogP contribution in [-0.4, -0.2) is 39.2 Å². The van der Waals surface area contributed by atoms with Crippen molar-refractivity contribution >= 4 is 39.2 Å². The summed E-state index contributed by atoms with van der Waals surface area (Å²) in [6.45, 7) is 6.75. The minimum atomic E-state index is 0.0983. The van der Waals surface area contributed by atoms with Crippen LogP contribution in [0.3, 0.4) is 0 Å². The third-order valence-corrected chi connectivity index (χ3v) is 7.90. The summed E-state index contributed by atoms with van der Waals surface area (Å²) in [6.07, 6.45) is 7.56. The number of hydrogen-bond acceptors (Lipinski definition) is 5. The number of hydrogen-bond donors (Lipinski definition) is 0. The van der Waals surface area contributed by atoms with Gasteiger partial charge in [0.15, 0.2) is 5.16 Å². The Kier molecular flexibility index (Phi) is 6.11. The molecule has 3 heterocycles. The summed E-state index contributed by atoms with van der Waals surface area (Å²) in [7, 11) is 0. The third-order valence-electron chi connectivity index (χ3n) is 5.75. The van der Waals surface area contributed by atoms with E-state index in [0.29, 0.717) is 23.4 Å². The summed E-state index contributed by atoms with van der Waals surface area (Å²) in [5.41, 5.74) is 1.34. The second kappa shape index (κ2) is 8.57. The largest absolute Gasteiger partial charge is 0.342 e. The van der Waals surface area contributed by atoms with Crippen LogP contribution in [0.2, 0.25) is 0 Å². The molecule has 0 aromatic carbocycles. The van der Waals surface area contributed by atoms with E-state index >= 15 is 0 Å². The minimum Gasteiger partial charge on any atom is -0.342 e. The zero-order valence-electron chi connectivity index (χ0n) is 16.8.